The number of benzene rings is 1. The molecule has 0 amide bonds. The second-order valence-electron chi connectivity index (χ2n) is 4.65. The minimum Gasteiger partial charge on any atom is -0.310 e. The van der Waals surface area contributed by atoms with Crippen LogP contribution in [0.1, 0.15) is 44.4 Å². The lowest BCUT2D eigenvalue weighted by molar-refractivity contribution is 0.413. The fraction of sp³-hybridized carbons (Fsp3) is 0.571. The molecule has 2 heteroatoms. The summed E-state index contributed by atoms with van der Waals surface area (Å²) in [6.45, 7) is 9.73. The topological polar surface area (TPSA) is 12.0 Å². The van der Waals surface area contributed by atoms with E-state index in [9.17, 15) is 0 Å². The third-order valence-electron chi connectivity index (χ3n) is 2.84. The van der Waals surface area contributed by atoms with E-state index in [-0.39, 0.29) is 0 Å². The Kier molecular flexibility index (Phi) is 5.30. The summed E-state index contributed by atoms with van der Waals surface area (Å²) < 4.78 is 0. The van der Waals surface area contributed by atoms with E-state index >= 15 is 0 Å². The fourth-order valence-electron chi connectivity index (χ4n) is 1.91. The largest absolute Gasteiger partial charge is 0.310 e. The molecule has 0 saturated carbocycles. The zero-order valence-electron chi connectivity index (χ0n) is 10.7. The molecule has 1 atom stereocenters. The van der Waals surface area contributed by atoms with Crippen LogP contribution in [0.4, 0.5) is 0 Å². The maximum absolute atomic E-state index is 6.37. The zero-order valence-corrected chi connectivity index (χ0v) is 11.4. The lowest BCUT2D eigenvalue weighted by Gasteiger charge is -2.24. The van der Waals surface area contributed by atoms with Gasteiger partial charge >= 0.3 is 0 Å². The summed E-state index contributed by atoms with van der Waals surface area (Å²) >= 11 is 6.37. The number of hydrogen-bond acceptors (Lipinski definition) is 1. The first kappa shape index (κ1) is 13.5. The molecule has 1 nitrogen and oxygen atoms in total. The summed E-state index contributed by atoms with van der Waals surface area (Å²) in [6.07, 6.45) is 1.15. The second kappa shape index (κ2) is 6.27. The van der Waals surface area contributed by atoms with Gasteiger partial charge in [0.1, 0.15) is 0 Å². The van der Waals surface area contributed by atoms with Gasteiger partial charge in [0.05, 0.1) is 0 Å². The van der Waals surface area contributed by atoms with Crippen LogP contribution < -0.4 is 5.32 Å². The van der Waals surface area contributed by atoms with Crippen molar-refractivity contribution < 1.29 is 0 Å². The summed E-state index contributed by atoms with van der Waals surface area (Å²) in [5.41, 5.74) is 2.38. The molecule has 0 aliphatic carbocycles. The van der Waals surface area contributed by atoms with Gasteiger partial charge in [-0.1, -0.05) is 50.6 Å². The van der Waals surface area contributed by atoms with Crippen molar-refractivity contribution in [3.05, 3.63) is 34.3 Å². The van der Waals surface area contributed by atoms with E-state index in [2.05, 4.69) is 51.2 Å². The van der Waals surface area contributed by atoms with Crippen LogP contribution in [-0.2, 0) is 0 Å². The molecule has 16 heavy (non-hydrogen) atoms. The van der Waals surface area contributed by atoms with Crippen LogP contribution in [-0.4, -0.2) is 6.54 Å². The van der Waals surface area contributed by atoms with Crippen molar-refractivity contribution in [1.82, 2.24) is 5.32 Å². The molecule has 0 fully saturated rings. The van der Waals surface area contributed by atoms with Crippen molar-refractivity contribution in [2.45, 2.75) is 40.2 Å². The summed E-state index contributed by atoms with van der Waals surface area (Å²) in [5, 5.41) is 4.48. The van der Waals surface area contributed by atoms with Gasteiger partial charge < -0.3 is 5.32 Å². The highest BCUT2D eigenvalue weighted by Gasteiger charge is 2.18. The fourth-order valence-corrected chi connectivity index (χ4v) is 2.16. The molecule has 1 unspecified atom stereocenters. The van der Waals surface area contributed by atoms with Crippen molar-refractivity contribution in [3.8, 4) is 0 Å². The van der Waals surface area contributed by atoms with Crippen LogP contribution in [0.25, 0.3) is 0 Å². The summed E-state index contributed by atoms with van der Waals surface area (Å²) in [6, 6.07) is 6.62. The highest BCUT2D eigenvalue weighted by atomic mass is 35.5. The first-order chi connectivity index (χ1) is 7.57. The molecular formula is C14H22ClN. The monoisotopic (exact) mass is 239 g/mol. The normalized spacial score (nSPS) is 13.1. The van der Waals surface area contributed by atoms with Gasteiger partial charge in [0.15, 0.2) is 0 Å². The van der Waals surface area contributed by atoms with Crippen molar-refractivity contribution in [1.29, 1.82) is 0 Å². The molecule has 0 aromatic heterocycles. The number of aryl methyl sites for hydroxylation is 1. The molecule has 0 heterocycles. The van der Waals surface area contributed by atoms with Gasteiger partial charge in [-0.25, -0.2) is 0 Å². The third-order valence-corrected chi connectivity index (χ3v) is 3.35. The second-order valence-corrected chi connectivity index (χ2v) is 5.03. The van der Waals surface area contributed by atoms with Gasteiger partial charge in [-0.05, 0) is 36.9 Å². The molecule has 1 aromatic rings. The molecule has 0 bridgehead atoms. The average Bonchev–Trinajstić information content (AvgIpc) is 2.24. The first-order valence-electron chi connectivity index (χ1n) is 6.06. The van der Waals surface area contributed by atoms with Crippen LogP contribution in [0.2, 0.25) is 5.02 Å². The molecule has 0 aliphatic rings. The van der Waals surface area contributed by atoms with E-state index in [1.807, 2.05) is 0 Å². The van der Waals surface area contributed by atoms with Gasteiger partial charge in [0.2, 0.25) is 0 Å². The van der Waals surface area contributed by atoms with Crippen LogP contribution in [0, 0.1) is 12.8 Å². The van der Waals surface area contributed by atoms with Gasteiger partial charge in [-0.2, -0.15) is 0 Å². The Labute approximate surface area is 104 Å². The molecule has 0 saturated heterocycles. The minimum absolute atomic E-state index is 0.354. The highest BCUT2D eigenvalue weighted by molar-refractivity contribution is 6.32. The van der Waals surface area contributed by atoms with Crippen molar-refractivity contribution >= 4 is 11.6 Å². The third kappa shape index (κ3) is 3.23. The van der Waals surface area contributed by atoms with E-state index in [1.165, 1.54) is 5.56 Å². The number of nitrogens with one attached hydrogen (secondary N) is 1. The summed E-state index contributed by atoms with van der Waals surface area (Å²) in [4.78, 5) is 0. The van der Waals surface area contributed by atoms with E-state index in [4.69, 9.17) is 11.6 Å². The van der Waals surface area contributed by atoms with Gasteiger partial charge in [-0.3, -0.25) is 0 Å². The number of hydrogen-bond donors (Lipinski definition) is 1. The summed E-state index contributed by atoms with van der Waals surface area (Å²) in [5.74, 6) is 0.547. The molecule has 1 aromatic carbocycles. The van der Waals surface area contributed by atoms with Crippen LogP contribution in [0.15, 0.2) is 18.2 Å². The van der Waals surface area contributed by atoms with E-state index in [1.54, 1.807) is 0 Å². The average molecular weight is 240 g/mol. The highest BCUT2D eigenvalue weighted by Crippen LogP contribution is 2.30. The quantitative estimate of drug-likeness (QED) is 0.806. The Bertz CT molecular complexity index is 334. The van der Waals surface area contributed by atoms with Crippen LogP contribution in [0.3, 0.4) is 0 Å². The van der Waals surface area contributed by atoms with Crippen molar-refractivity contribution in [3.63, 3.8) is 0 Å². The van der Waals surface area contributed by atoms with Crippen LogP contribution >= 0.6 is 11.6 Å². The molecule has 0 aliphatic heterocycles. The number of rotatable bonds is 5. The Morgan fingerprint density at radius 3 is 2.56 bits per heavy atom. The van der Waals surface area contributed by atoms with Gasteiger partial charge in [-0.15, -0.1) is 0 Å². The minimum atomic E-state index is 0.354. The summed E-state index contributed by atoms with van der Waals surface area (Å²) in [7, 11) is 0. The molecule has 1 rings (SSSR count). The Morgan fingerprint density at radius 1 is 1.31 bits per heavy atom. The predicted molar refractivity (Wildman–Crippen MR) is 72.1 cm³/mol. The molecule has 0 radical (unpaired) electrons. The van der Waals surface area contributed by atoms with Crippen LogP contribution in [0.5, 0.6) is 0 Å². The number of halogens is 1. The lowest BCUT2D eigenvalue weighted by Crippen LogP contribution is -2.26. The maximum atomic E-state index is 6.37. The SMILES string of the molecule is CCCNC(c1cccc(C)c1Cl)C(C)C. The van der Waals surface area contributed by atoms with Gasteiger partial charge in [0.25, 0.3) is 0 Å². The standard InChI is InChI=1S/C14H22ClN/c1-5-9-16-14(10(2)3)12-8-6-7-11(4)13(12)15/h6-8,10,14,16H,5,9H2,1-4H3. The smallest absolute Gasteiger partial charge is 0.0483 e. The van der Waals surface area contributed by atoms with Crippen molar-refractivity contribution in [2.75, 3.05) is 6.54 Å². The molecule has 90 valence electrons. The molecule has 1 N–H and O–H groups in total. The van der Waals surface area contributed by atoms with Gasteiger partial charge in [0, 0.05) is 11.1 Å². The molecule has 0 spiro atoms. The zero-order chi connectivity index (χ0) is 12.1. The predicted octanol–water partition coefficient (Wildman–Crippen LogP) is 4.35. The van der Waals surface area contributed by atoms with Crippen molar-refractivity contribution in [2.24, 2.45) is 5.92 Å². The Hall–Kier alpha value is -0.530. The Balaban J connectivity index is 2.96. The maximum Gasteiger partial charge on any atom is 0.0483 e. The van der Waals surface area contributed by atoms with E-state index < -0.39 is 0 Å². The lowest BCUT2D eigenvalue weighted by atomic mass is 9.94. The first-order valence-corrected chi connectivity index (χ1v) is 6.44. The van der Waals surface area contributed by atoms with E-state index in [0.717, 1.165) is 23.6 Å². The molecular weight excluding hydrogens is 218 g/mol. The Morgan fingerprint density at radius 2 is 2.00 bits per heavy atom. The van der Waals surface area contributed by atoms with E-state index in [0.29, 0.717) is 12.0 Å².